The lowest BCUT2D eigenvalue weighted by atomic mass is 9.78. The predicted octanol–water partition coefficient (Wildman–Crippen LogP) is 3.59. The van der Waals surface area contributed by atoms with E-state index >= 15 is 0 Å². The second-order valence-electron chi connectivity index (χ2n) is 5.64. The van der Waals surface area contributed by atoms with Crippen molar-refractivity contribution in [2.45, 2.75) is 71.3 Å². The van der Waals surface area contributed by atoms with Crippen molar-refractivity contribution in [2.24, 2.45) is 11.8 Å². The van der Waals surface area contributed by atoms with Gasteiger partial charge in [-0.3, -0.25) is 10.5 Å². The van der Waals surface area contributed by atoms with Gasteiger partial charge in [-0.05, 0) is 38.5 Å². The van der Waals surface area contributed by atoms with Crippen LogP contribution in [0.4, 0.5) is 0 Å². The lowest BCUT2D eigenvalue weighted by Gasteiger charge is -2.29. The van der Waals surface area contributed by atoms with Gasteiger partial charge in [0.2, 0.25) is 0 Å². The van der Waals surface area contributed by atoms with Crippen molar-refractivity contribution in [3.63, 3.8) is 0 Å². The summed E-state index contributed by atoms with van der Waals surface area (Å²) < 4.78 is 5.36. The van der Waals surface area contributed by atoms with Crippen LogP contribution >= 0.6 is 0 Å². The standard InChI is InChI=1S/C15H28NO2/c1-3-4-5-6-10-18-15(17)14-9-7-8-13(11-14)12(2)16/h12-14,16H,3-11H2,1-2H3. The van der Waals surface area contributed by atoms with E-state index in [0.717, 1.165) is 38.5 Å². The van der Waals surface area contributed by atoms with Crippen LogP contribution in [0.2, 0.25) is 0 Å². The first kappa shape index (κ1) is 15.5. The fourth-order valence-electron chi connectivity index (χ4n) is 2.72. The van der Waals surface area contributed by atoms with Gasteiger partial charge in [0.05, 0.1) is 12.5 Å². The molecular formula is C15H28NO2. The van der Waals surface area contributed by atoms with Crippen molar-refractivity contribution < 1.29 is 9.53 Å². The molecule has 3 unspecified atom stereocenters. The van der Waals surface area contributed by atoms with Crippen LogP contribution in [0.3, 0.4) is 0 Å². The fraction of sp³-hybridized carbons (Fsp3) is 0.933. The summed E-state index contributed by atoms with van der Waals surface area (Å²) in [7, 11) is 0. The topological polar surface area (TPSA) is 50.1 Å². The number of carbonyl (C=O) groups excluding carboxylic acids is 1. The highest BCUT2D eigenvalue weighted by Crippen LogP contribution is 2.31. The van der Waals surface area contributed by atoms with Crippen molar-refractivity contribution in [3.05, 3.63) is 0 Å². The van der Waals surface area contributed by atoms with Crippen molar-refractivity contribution in [2.75, 3.05) is 6.61 Å². The first-order valence-corrected chi connectivity index (χ1v) is 7.53. The maximum atomic E-state index is 11.9. The van der Waals surface area contributed by atoms with Crippen molar-refractivity contribution in [3.8, 4) is 0 Å². The second kappa shape index (κ2) is 8.52. The molecule has 0 heterocycles. The molecule has 0 aromatic rings. The highest BCUT2D eigenvalue weighted by Gasteiger charge is 2.30. The van der Waals surface area contributed by atoms with E-state index in [1.165, 1.54) is 12.8 Å². The Balaban J connectivity index is 2.20. The third-order valence-corrected chi connectivity index (χ3v) is 4.00. The van der Waals surface area contributed by atoms with Gasteiger partial charge in [0, 0.05) is 6.04 Å². The zero-order chi connectivity index (χ0) is 13.4. The van der Waals surface area contributed by atoms with Gasteiger partial charge in [-0.1, -0.05) is 32.6 Å². The molecule has 0 spiro atoms. The van der Waals surface area contributed by atoms with Crippen LogP contribution in [0.1, 0.15) is 65.2 Å². The molecule has 0 bridgehead atoms. The number of esters is 1. The van der Waals surface area contributed by atoms with Crippen LogP contribution in [-0.4, -0.2) is 18.6 Å². The molecule has 0 aromatic heterocycles. The largest absolute Gasteiger partial charge is 0.465 e. The number of nitrogens with one attached hydrogen (secondary N) is 1. The molecule has 1 rings (SSSR count). The van der Waals surface area contributed by atoms with E-state index in [1.54, 1.807) is 0 Å². The average molecular weight is 254 g/mol. The summed E-state index contributed by atoms with van der Waals surface area (Å²) in [6.07, 6.45) is 8.56. The lowest BCUT2D eigenvalue weighted by molar-refractivity contribution is -0.150. The number of hydrogen-bond donors (Lipinski definition) is 0. The van der Waals surface area contributed by atoms with E-state index in [-0.39, 0.29) is 17.9 Å². The minimum Gasteiger partial charge on any atom is -0.465 e. The first-order valence-electron chi connectivity index (χ1n) is 7.53. The lowest BCUT2D eigenvalue weighted by Crippen LogP contribution is -2.30. The Morgan fingerprint density at radius 3 is 2.78 bits per heavy atom. The summed E-state index contributed by atoms with van der Waals surface area (Å²) in [6.45, 7) is 4.69. The molecule has 1 aliphatic carbocycles. The van der Waals surface area contributed by atoms with E-state index in [1.807, 2.05) is 6.92 Å². The van der Waals surface area contributed by atoms with Gasteiger partial charge in [0.15, 0.2) is 0 Å². The molecule has 18 heavy (non-hydrogen) atoms. The SMILES string of the molecule is CCCCCCOC(=O)C1CCCC(C(C)[NH])C1. The molecule has 0 saturated heterocycles. The Bertz CT molecular complexity index is 241. The second-order valence-corrected chi connectivity index (χ2v) is 5.64. The molecule has 1 saturated carbocycles. The minimum absolute atomic E-state index is 0.0168. The van der Waals surface area contributed by atoms with Gasteiger partial charge in [0.1, 0.15) is 0 Å². The Labute approximate surface area is 111 Å². The summed E-state index contributed by atoms with van der Waals surface area (Å²) in [5.74, 6) is 0.427. The summed E-state index contributed by atoms with van der Waals surface area (Å²) >= 11 is 0. The molecule has 1 fully saturated rings. The molecule has 0 amide bonds. The van der Waals surface area contributed by atoms with E-state index in [9.17, 15) is 4.79 Å². The predicted molar refractivity (Wildman–Crippen MR) is 73.1 cm³/mol. The van der Waals surface area contributed by atoms with Gasteiger partial charge in [0.25, 0.3) is 0 Å². The highest BCUT2D eigenvalue weighted by atomic mass is 16.5. The molecule has 1 aliphatic rings. The summed E-state index contributed by atoms with van der Waals surface area (Å²) in [5, 5.41) is 0. The van der Waals surface area contributed by atoms with Crippen LogP contribution in [0.25, 0.3) is 0 Å². The number of unbranched alkanes of at least 4 members (excludes halogenated alkanes) is 3. The van der Waals surface area contributed by atoms with Crippen molar-refractivity contribution in [1.82, 2.24) is 5.73 Å². The van der Waals surface area contributed by atoms with Crippen LogP contribution in [0.15, 0.2) is 0 Å². The highest BCUT2D eigenvalue weighted by molar-refractivity contribution is 5.72. The van der Waals surface area contributed by atoms with Gasteiger partial charge in [-0.2, -0.15) is 0 Å². The summed E-state index contributed by atoms with van der Waals surface area (Å²) in [6, 6.07) is -0.0508. The van der Waals surface area contributed by atoms with E-state index in [0.29, 0.717) is 12.5 Å². The van der Waals surface area contributed by atoms with E-state index < -0.39 is 0 Å². The molecule has 105 valence electrons. The molecule has 0 aromatic carbocycles. The van der Waals surface area contributed by atoms with E-state index in [4.69, 9.17) is 10.5 Å². The number of rotatable bonds is 7. The smallest absolute Gasteiger partial charge is 0.308 e. The third-order valence-electron chi connectivity index (χ3n) is 4.00. The number of ether oxygens (including phenoxy) is 1. The summed E-state index contributed by atoms with van der Waals surface area (Å²) in [5.41, 5.74) is 7.77. The molecule has 3 heteroatoms. The van der Waals surface area contributed by atoms with Crippen molar-refractivity contribution in [1.29, 1.82) is 0 Å². The van der Waals surface area contributed by atoms with Crippen molar-refractivity contribution >= 4 is 5.97 Å². The van der Waals surface area contributed by atoms with Gasteiger partial charge < -0.3 is 4.74 Å². The fourth-order valence-corrected chi connectivity index (χ4v) is 2.72. The number of carbonyl (C=O) groups is 1. The molecule has 3 nitrogen and oxygen atoms in total. The normalized spacial score (nSPS) is 25.7. The number of hydrogen-bond acceptors (Lipinski definition) is 2. The molecule has 3 atom stereocenters. The van der Waals surface area contributed by atoms with Crippen LogP contribution < -0.4 is 5.73 Å². The van der Waals surface area contributed by atoms with Crippen LogP contribution in [0.5, 0.6) is 0 Å². The van der Waals surface area contributed by atoms with E-state index in [2.05, 4.69) is 6.92 Å². The first-order chi connectivity index (χ1) is 8.65. The molecule has 1 radical (unpaired) electrons. The van der Waals surface area contributed by atoms with Crippen LogP contribution in [-0.2, 0) is 9.53 Å². The monoisotopic (exact) mass is 254 g/mol. The Hall–Kier alpha value is -0.570. The Kier molecular flexibility index (Phi) is 7.33. The molecule has 1 N–H and O–H groups in total. The van der Waals surface area contributed by atoms with Gasteiger partial charge in [-0.25, -0.2) is 0 Å². The van der Waals surface area contributed by atoms with Gasteiger partial charge >= 0.3 is 5.97 Å². The maximum absolute atomic E-state index is 11.9. The maximum Gasteiger partial charge on any atom is 0.308 e. The summed E-state index contributed by atoms with van der Waals surface area (Å²) in [4.78, 5) is 11.9. The zero-order valence-corrected chi connectivity index (χ0v) is 11.9. The van der Waals surface area contributed by atoms with Gasteiger partial charge in [-0.15, -0.1) is 0 Å². The minimum atomic E-state index is -0.0508. The Morgan fingerprint density at radius 1 is 1.33 bits per heavy atom. The Morgan fingerprint density at radius 2 is 2.11 bits per heavy atom. The molecule has 0 aliphatic heterocycles. The quantitative estimate of drug-likeness (QED) is 0.515. The third kappa shape index (κ3) is 5.38. The van der Waals surface area contributed by atoms with Crippen LogP contribution in [0, 0.1) is 11.8 Å². The average Bonchev–Trinajstić information content (AvgIpc) is 2.38. The molecular weight excluding hydrogens is 226 g/mol. The zero-order valence-electron chi connectivity index (χ0n) is 11.9.